The van der Waals surface area contributed by atoms with Crippen LogP contribution in [0.4, 0.5) is 0 Å². The first-order valence-corrected chi connectivity index (χ1v) is 6.19. The van der Waals surface area contributed by atoms with E-state index in [0.717, 1.165) is 5.56 Å². The van der Waals surface area contributed by atoms with Crippen LogP contribution in [0.25, 0.3) is 0 Å². The molecule has 3 N–H and O–H groups in total. The molecule has 1 aromatic carbocycles. The van der Waals surface area contributed by atoms with Crippen molar-refractivity contribution in [2.75, 3.05) is 21.3 Å². The van der Waals surface area contributed by atoms with Crippen LogP contribution >= 0.6 is 0 Å². The van der Waals surface area contributed by atoms with Gasteiger partial charge in [0.05, 0.1) is 26.9 Å². The van der Waals surface area contributed by atoms with Gasteiger partial charge in [0.1, 0.15) is 0 Å². The quantitative estimate of drug-likeness (QED) is 0.781. The molecule has 0 bridgehead atoms. The molecule has 0 aliphatic rings. The van der Waals surface area contributed by atoms with Crippen LogP contribution in [0.1, 0.15) is 19.4 Å². The number of hydrogen-bond acceptors (Lipinski definition) is 5. The molecule has 20 heavy (non-hydrogen) atoms. The first-order chi connectivity index (χ1) is 9.35. The van der Waals surface area contributed by atoms with Gasteiger partial charge < -0.3 is 19.9 Å². The second kappa shape index (κ2) is 6.47. The number of nitrogens with one attached hydrogen (secondary N) is 1. The van der Waals surface area contributed by atoms with E-state index in [9.17, 15) is 4.79 Å². The Labute approximate surface area is 119 Å². The number of primary amides is 1. The first kappa shape index (κ1) is 16.1. The van der Waals surface area contributed by atoms with Gasteiger partial charge >= 0.3 is 0 Å². The van der Waals surface area contributed by atoms with Crippen LogP contribution in [0.5, 0.6) is 17.2 Å². The Morgan fingerprint density at radius 2 is 1.65 bits per heavy atom. The Balaban J connectivity index is 3.00. The van der Waals surface area contributed by atoms with E-state index >= 15 is 0 Å². The fourth-order valence-corrected chi connectivity index (χ4v) is 1.65. The smallest absolute Gasteiger partial charge is 0.237 e. The summed E-state index contributed by atoms with van der Waals surface area (Å²) in [5, 5.41) is 3.09. The summed E-state index contributed by atoms with van der Waals surface area (Å²) in [5.74, 6) is 1.26. The molecule has 0 heterocycles. The zero-order chi connectivity index (χ0) is 15.3. The second-order valence-electron chi connectivity index (χ2n) is 4.88. The molecule has 0 aliphatic heterocycles. The number of hydrogen-bond donors (Lipinski definition) is 2. The minimum atomic E-state index is -0.791. The lowest BCUT2D eigenvalue weighted by Gasteiger charge is -2.23. The van der Waals surface area contributed by atoms with Crippen molar-refractivity contribution in [3.63, 3.8) is 0 Å². The molecule has 0 radical (unpaired) electrons. The van der Waals surface area contributed by atoms with Gasteiger partial charge in [0.15, 0.2) is 11.5 Å². The van der Waals surface area contributed by atoms with E-state index in [1.807, 2.05) is 12.1 Å². The summed E-state index contributed by atoms with van der Waals surface area (Å²) in [7, 11) is 4.66. The highest BCUT2D eigenvalue weighted by atomic mass is 16.5. The molecule has 0 aliphatic carbocycles. The Hall–Kier alpha value is -1.95. The summed E-state index contributed by atoms with van der Waals surface area (Å²) >= 11 is 0. The van der Waals surface area contributed by atoms with Gasteiger partial charge in [-0.1, -0.05) is 0 Å². The summed E-state index contributed by atoms with van der Waals surface area (Å²) < 4.78 is 15.8. The highest BCUT2D eigenvalue weighted by Crippen LogP contribution is 2.38. The molecule has 6 heteroatoms. The third-order valence-corrected chi connectivity index (χ3v) is 3.07. The van der Waals surface area contributed by atoms with E-state index in [4.69, 9.17) is 19.9 Å². The number of rotatable bonds is 7. The number of carbonyl (C=O) groups excluding carboxylic acids is 1. The maximum atomic E-state index is 11.3. The number of nitrogens with two attached hydrogens (primary N) is 1. The normalized spacial score (nSPS) is 11.1. The third-order valence-electron chi connectivity index (χ3n) is 3.07. The molecule has 0 spiro atoms. The van der Waals surface area contributed by atoms with Crippen molar-refractivity contribution in [2.24, 2.45) is 5.73 Å². The average Bonchev–Trinajstić information content (AvgIpc) is 2.43. The van der Waals surface area contributed by atoms with Gasteiger partial charge in [-0.25, -0.2) is 0 Å². The van der Waals surface area contributed by atoms with Crippen LogP contribution in [-0.4, -0.2) is 32.8 Å². The summed E-state index contributed by atoms with van der Waals surface area (Å²) in [5.41, 5.74) is 5.43. The Morgan fingerprint density at radius 3 is 2.00 bits per heavy atom. The van der Waals surface area contributed by atoms with Gasteiger partial charge in [-0.2, -0.15) is 0 Å². The fourth-order valence-electron chi connectivity index (χ4n) is 1.65. The Kier molecular flexibility index (Phi) is 5.21. The van der Waals surface area contributed by atoms with Gasteiger partial charge in [-0.15, -0.1) is 0 Å². The molecule has 112 valence electrons. The number of methoxy groups -OCH3 is 3. The number of benzene rings is 1. The number of ether oxygens (including phenoxy) is 3. The van der Waals surface area contributed by atoms with Crippen molar-refractivity contribution in [3.8, 4) is 17.2 Å². The highest BCUT2D eigenvalue weighted by Gasteiger charge is 2.24. The maximum Gasteiger partial charge on any atom is 0.237 e. The van der Waals surface area contributed by atoms with Gasteiger partial charge in [-0.05, 0) is 31.5 Å². The van der Waals surface area contributed by atoms with Crippen LogP contribution < -0.4 is 25.3 Å². The monoisotopic (exact) mass is 282 g/mol. The lowest BCUT2D eigenvalue weighted by atomic mass is 10.0. The summed E-state index contributed by atoms with van der Waals surface area (Å²) in [6, 6.07) is 3.65. The molecular weight excluding hydrogens is 260 g/mol. The van der Waals surface area contributed by atoms with Gasteiger partial charge in [0.25, 0.3) is 0 Å². The van der Waals surface area contributed by atoms with Crippen molar-refractivity contribution in [1.82, 2.24) is 5.32 Å². The molecule has 0 fully saturated rings. The van der Waals surface area contributed by atoms with Crippen molar-refractivity contribution >= 4 is 5.91 Å². The topological polar surface area (TPSA) is 82.8 Å². The van der Waals surface area contributed by atoms with Gasteiger partial charge in [0, 0.05) is 6.54 Å². The van der Waals surface area contributed by atoms with Crippen LogP contribution in [-0.2, 0) is 11.3 Å². The minimum Gasteiger partial charge on any atom is -0.493 e. The van der Waals surface area contributed by atoms with Crippen molar-refractivity contribution in [2.45, 2.75) is 25.9 Å². The predicted octanol–water partition coefficient (Wildman–Crippen LogP) is 1.07. The average molecular weight is 282 g/mol. The second-order valence-corrected chi connectivity index (χ2v) is 4.88. The Bertz CT molecular complexity index is 461. The first-order valence-electron chi connectivity index (χ1n) is 6.19. The predicted molar refractivity (Wildman–Crippen MR) is 76.2 cm³/mol. The third kappa shape index (κ3) is 3.54. The van der Waals surface area contributed by atoms with Crippen molar-refractivity contribution in [1.29, 1.82) is 0 Å². The standard InChI is InChI=1S/C14H22N2O4/c1-14(2,13(15)17)16-8-9-6-10(18-3)12(20-5)11(7-9)19-4/h6-7,16H,8H2,1-5H3,(H2,15,17). The highest BCUT2D eigenvalue weighted by molar-refractivity contribution is 5.83. The Morgan fingerprint density at radius 1 is 1.15 bits per heavy atom. The van der Waals surface area contributed by atoms with E-state index < -0.39 is 11.4 Å². The van der Waals surface area contributed by atoms with Crippen molar-refractivity contribution in [3.05, 3.63) is 17.7 Å². The van der Waals surface area contributed by atoms with Gasteiger partial charge in [-0.3, -0.25) is 10.1 Å². The summed E-state index contributed by atoms with van der Waals surface area (Å²) in [6.07, 6.45) is 0. The lowest BCUT2D eigenvalue weighted by Crippen LogP contribution is -2.50. The number of carbonyl (C=O) groups is 1. The maximum absolute atomic E-state index is 11.3. The van der Waals surface area contributed by atoms with E-state index in [0.29, 0.717) is 23.8 Å². The zero-order valence-electron chi connectivity index (χ0n) is 12.6. The molecule has 1 rings (SSSR count). The molecule has 1 amide bonds. The van der Waals surface area contributed by atoms with Gasteiger partial charge in [0.2, 0.25) is 11.7 Å². The lowest BCUT2D eigenvalue weighted by molar-refractivity contribution is -0.123. The molecule has 0 saturated carbocycles. The fraction of sp³-hybridized carbons (Fsp3) is 0.500. The molecule has 6 nitrogen and oxygen atoms in total. The SMILES string of the molecule is COc1cc(CNC(C)(C)C(N)=O)cc(OC)c1OC. The van der Waals surface area contributed by atoms with E-state index in [1.54, 1.807) is 35.2 Å². The van der Waals surface area contributed by atoms with Crippen LogP contribution in [0.15, 0.2) is 12.1 Å². The van der Waals surface area contributed by atoms with Crippen LogP contribution in [0.3, 0.4) is 0 Å². The molecule has 0 unspecified atom stereocenters. The van der Waals surface area contributed by atoms with E-state index in [-0.39, 0.29) is 0 Å². The molecular formula is C14H22N2O4. The summed E-state index contributed by atoms with van der Waals surface area (Å²) in [4.78, 5) is 11.3. The van der Waals surface area contributed by atoms with Crippen LogP contribution in [0, 0.1) is 0 Å². The van der Waals surface area contributed by atoms with E-state index in [2.05, 4.69) is 5.32 Å². The molecule has 1 aromatic rings. The molecule has 0 aromatic heterocycles. The molecule has 0 saturated heterocycles. The minimum absolute atomic E-state index is 0.412. The molecule has 0 atom stereocenters. The largest absolute Gasteiger partial charge is 0.493 e. The summed E-state index contributed by atoms with van der Waals surface area (Å²) in [6.45, 7) is 3.91. The van der Waals surface area contributed by atoms with E-state index in [1.165, 1.54) is 0 Å². The van der Waals surface area contributed by atoms with Crippen molar-refractivity contribution < 1.29 is 19.0 Å². The number of amides is 1. The zero-order valence-corrected chi connectivity index (χ0v) is 12.6. The van der Waals surface area contributed by atoms with Crippen LogP contribution in [0.2, 0.25) is 0 Å².